The predicted octanol–water partition coefficient (Wildman–Crippen LogP) is 13.2. The highest BCUT2D eigenvalue weighted by molar-refractivity contribution is 5.85. The molecule has 282 valence electrons. The SMILES string of the molecule is c1ccc(-c2cccc(-c3nc(-c4ccccc4)nc(-c4cccc(C5(c6cccc(-c7ccc8cccnc8c7)c6)c6ccccc6Oc6ccccc65)c4)n3)c2)cc1. The van der Waals surface area contributed by atoms with Crippen LogP contribution in [0.25, 0.3) is 67.3 Å². The second-order valence-electron chi connectivity index (χ2n) is 15.0. The quantitative estimate of drug-likeness (QED) is 0.162. The van der Waals surface area contributed by atoms with Crippen LogP contribution in [0, 0.1) is 0 Å². The number of aromatic nitrogens is 4. The molecule has 0 fully saturated rings. The minimum atomic E-state index is -0.769. The summed E-state index contributed by atoms with van der Waals surface area (Å²) in [5.41, 5.74) is 11.6. The summed E-state index contributed by atoms with van der Waals surface area (Å²) in [6.45, 7) is 0. The Balaban J connectivity index is 1.13. The Kier molecular flexibility index (Phi) is 8.63. The van der Waals surface area contributed by atoms with E-state index in [0.29, 0.717) is 17.5 Å². The molecule has 3 heterocycles. The van der Waals surface area contributed by atoms with E-state index >= 15 is 0 Å². The van der Waals surface area contributed by atoms with Gasteiger partial charge in [0.2, 0.25) is 0 Å². The summed E-state index contributed by atoms with van der Waals surface area (Å²) in [7, 11) is 0. The van der Waals surface area contributed by atoms with Crippen LogP contribution in [-0.2, 0) is 5.41 Å². The molecule has 11 rings (SSSR count). The first kappa shape index (κ1) is 35.2. The molecule has 0 atom stereocenters. The van der Waals surface area contributed by atoms with Crippen molar-refractivity contribution in [3.05, 3.63) is 241 Å². The highest BCUT2D eigenvalue weighted by Gasteiger charge is 2.45. The average Bonchev–Trinajstić information content (AvgIpc) is 3.33. The molecular formula is C55H36N4O. The number of benzene rings is 8. The molecule has 8 aromatic carbocycles. The van der Waals surface area contributed by atoms with Gasteiger partial charge in [0, 0.05) is 39.4 Å². The van der Waals surface area contributed by atoms with Gasteiger partial charge in [0.1, 0.15) is 11.5 Å². The van der Waals surface area contributed by atoms with Gasteiger partial charge in [0.15, 0.2) is 17.5 Å². The van der Waals surface area contributed by atoms with Crippen molar-refractivity contribution in [2.45, 2.75) is 5.41 Å². The molecule has 0 radical (unpaired) electrons. The van der Waals surface area contributed by atoms with E-state index in [4.69, 9.17) is 19.7 Å². The molecule has 0 amide bonds. The summed E-state index contributed by atoms with van der Waals surface area (Å²) in [6.07, 6.45) is 1.85. The van der Waals surface area contributed by atoms with E-state index in [2.05, 4.69) is 163 Å². The van der Waals surface area contributed by atoms with E-state index in [1.807, 2.05) is 60.8 Å². The van der Waals surface area contributed by atoms with E-state index in [9.17, 15) is 0 Å². The molecule has 0 aliphatic carbocycles. The van der Waals surface area contributed by atoms with Crippen molar-refractivity contribution in [3.8, 4) is 67.9 Å². The molecule has 0 saturated heterocycles. The Morgan fingerprint density at radius 1 is 0.333 bits per heavy atom. The topological polar surface area (TPSA) is 60.8 Å². The highest BCUT2D eigenvalue weighted by Crippen LogP contribution is 2.55. The van der Waals surface area contributed by atoms with Gasteiger partial charge in [-0.05, 0) is 75.8 Å². The van der Waals surface area contributed by atoms with Gasteiger partial charge >= 0.3 is 0 Å². The number of rotatable bonds is 7. The van der Waals surface area contributed by atoms with Crippen LogP contribution in [-0.4, -0.2) is 19.9 Å². The summed E-state index contributed by atoms with van der Waals surface area (Å²) in [5, 5.41) is 1.11. The number of hydrogen-bond donors (Lipinski definition) is 0. The lowest BCUT2D eigenvalue weighted by Crippen LogP contribution is -2.34. The fourth-order valence-corrected chi connectivity index (χ4v) is 8.67. The van der Waals surface area contributed by atoms with Crippen molar-refractivity contribution in [2.75, 3.05) is 0 Å². The molecule has 0 unspecified atom stereocenters. The summed E-state index contributed by atoms with van der Waals surface area (Å²) < 4.78 is 6.68. The van der Waals surface area contributed by atoms with Crippen molar-refractivity contribution in [1.82, 2.24) is 19.9 Å². The van der Waals surface area contributed by atoms with Crippen LogP contribution in [0.5, 0.6) is 11.5 Å². The normalized spacial score (nSPS) is 12.6. The molecule has 1 aliphatic rings. The molecule has 0 N–H and O–H groups in total. The maximum absolute atomic E-state index is 6.68. The minimum Gasteiger partial charge on any atom is -0.457 e. The zero-order valence-corrected chi connectivity index (χ0v) is 32.5. The Bertz CT molecular complexity index is 3150. The fraction of sp³-hybridized carbons (Fsp3) is 0.0182. The maximum atomic E-state index is 6.68. The van der Waals surface area contributed by atoms with Gasteiger partial charge < -0.3 is 4.74 Å². The van der Waals surface area contributed by atoms with Gasteiger partial charge in [0.25, 0.3) is 0 Å². The molecule has 10 aromatic rings. The first-order valence-electron chi connectivity index (χ1n) is 20.1. The minimum absolute atomic E-state index is 0.590. The molecule has 0 saturated carbocycles. The lowest BCUT2D eigenvalue weighted by molar-refractivity contribution is 0.434. The maximum Gasteiger partial charge on any atom is 0.164 e. The van der Waals surface area contributed by atoms with Gasteiger partial charge in [-0.3, -0.25) is 4.98 Å². The third-order valence-corrected chi connectivity index (χ3v) is 11.5. The van der Waals surface area contributed by atoms with Crippen molar-refractivity contribution in [2.24, 2.45) is 0 Å². The Morgan fingerprint density at radius 3 is 1.48 bits per heavy atom. The van der Waals surface area contributed by atoms with Crippen LogP contribution in [0.2, 0.25) is 0 Å². The predicted molar refractivity (Wildman–Crippen MR) is 241 cm³/mol. The molecule has 5 heteroatoms. The Morgan fingerprint density at radius 2 is 0.817 bits per heavy atom. The summed E-state index contributed by atoms with van der Waals surface area (Å²) in [6, 6.07) is 73.9. The second-order valence-corrected chi connectivity index (χ2v) is 15.0. The average molecular weight is 769 g/mol. The second kappa shape index (κ2) is 14.7. The summed E-state index contributed by atoms with van der Waals surface area (Å²) in [4.78, 5) is 20.2. The van der Waals surface area contributed by atoms with E-state index in [-0.39, 0.29) is 0 Å². The highest BCUT2D eigenvalue weighted by atomic mass is 16.5. The van der Waals surface area contributed by atoms with E-state index in [0.717, 1.165) is 83.6 Å². The Hall–Kier alpha value is -8.02. The molecule has 5 nitrogen and oxygen atoms in total. The zero-order chi connectivity index (χ0) is 39.9. The number of nitrogens with zero attached hydrogens (tertiary/aromatic N) is 4. The lowest BCUT2D eigenvalue weighted by atomic mass is 9.63. The van der Waals surface area contributed by atoms with Crippen molar-refractivity contribution in [3.63, 3.8) is 0 Å². The molecule has 1 aliphatic heterocycles. The molecular weight excluding hydrogens is 733 g/mol. The number of pyridine rings is 1. The number of para-hydroxylation sites is 2. The van der Waals surface area contributed by atoms with Crippen molar-refractivity contribution >= 4 is 10.9 Å². The van der Waals surface area contributed by atoms with Crippen LogP contribution in [0.15, 0.2) is 219 Å². The van der Waals surface area contributed by atoms with Crippen molar-refractivity contribution < 1.29 is 4.74 Å². The van der Waals surface area contributed by atoms with E-state index in [1.54, 1.807) is 0 Å². The zero-order valence-electron chi connectivity index (χ0n) is 32.5. The fourth-order valence-electron chi connectivity index (χ4n) is 8.67. The van der Waals surface area contributed by atoms with Crippen LogP contribution >= 0.6 is 0 Å². The van der Waals surface area contributed by atoms with Gasteiger partial charge in [-0.15, -0.1) is 0 Å². The lowest BCUT2D eigenvalue weighted by Gasteiger charge is -2.41. The van der Waals surface area contributed by atoms with Gasteiger partial charge in [0.05, 0.1) is 10.9 Å². The third kappa shape index (κ3) is 6.12. The largest absolute Gasteiger partial charge is 0.457 e. The van der Waals surface area contributed by atoms with E-state index in [1.165, 1.54) is 0 Å². The van der Waals surface area contributed by atoms with Gasteiger partial charge in [-0.1, -0.05) is 170 Å². The van der Waals surface area contributed by atoms with Crippen LogP contribution in [0.4, 0.5) is 0 Å². The first-order chi connectivity index (χ1) is 29.7. The third-order valence-electron chi connectivity index (χ3n) is 11.5. The molecule has 60 heavy (non-hydrogen) atoms. The molecule has 2 aromatic heterocycles. The van der Waals surface area contributed by atoms with Crippen LogP contribution in [0.3, 0.4) is 0 Å². The monoisotopic (exact) mass is 768 g/mol. The number of ether oxygens (including phenoxy) is 1. The smallest absolute Gasteiger partial charge is 0.164 e. The van der Waals surface area contributed by atoms with Crippen molar-refractivity contribution in [1.29, 1.82) is 0 Å². The number of hydrogen-bond acceptors (Lipinski definition) is 5. The summed E-state index contributed by atoms with van der Waals surface area (Å²) in [5.74, 6) is 3.44. The van der Waals surface area contributed by atoms with E-state index < -0.39 is 5.41 Å². The molecule has 0 spiro atoms. The first-order valence-corrected chi connectivity index (χ1v) is 20.1. The van der Waals surface area contributed by atoms with Gasteiger partial charge in [-0.25, -0.2) is 15.0 Å². The summed E-state index contributed by atoms with van der Waals surface area (Å²) >= 11 is 0. The van der Waals surface area contributed by atoms with Gasteiger partial charge in [-0.2, -0.15) is 0 Å². The standard InChI is InChI=1S/C55H36N4O/c1-3-15-37(16-4-1)40-19-11-21-43(33-40)53-57-52(39-17-5-2-6-18-39)58-54(59-53)44-22-13-25-46(35-44)55(47-26-7-9-28-50(47)60-51-29-10-8-27-48(51)55)45-24-12-20-41(34-45)42-31-30-38-23-14-32-56-49(38)36-42/h1-36H. The van der Waals surface area contributed by atoms with Crippen LogP contribution < -0.4 is 4.74 Å². The Labute approximate surface area is 348 Å². The van der Waals surface area contributed by atoms with Crippen LogP contribution in [0.1, 0.15) is 22.3 Å². The number of fused-ring (bicyclic) bond motifs is 3. The molecule has 0 bridgehead atoms.